The van der Waals surface area contributed by atoms with Gasteiger partial charge in [-0.3, -0.25) is 4.79 Å². The van der Waals surface area contributed by atoms with Crippen LogP contribution in [0.2, 0.25) is 0 Å². The number of pyridine rings is 1. The number of nitrogens with zero attached hydrogens (tertiary/aromatic N) is 1. The Balaban J connectivity index is 1.90. The zero-order valence-corrected chi connectivity index (χ0v) is 11.5. The van der Waals surface area contributed by atoms with E-state index in [0.29, 0.717) is 0 Å². The van der Waals surface area contributed by atoms with Crippen molar-refractivity contribution >= 4 is 27.5 Å². The summed E-state index contributed by atoms with van der Waals surface area (Å²) in [7, 11) is 0. The fourth-order valence-corrected chi connectivity index (χ4v) is 2.45. The molecule has 1 aliphatic rings. The van der Waals surface area contributed by atoms with Gasteiger partial charge in [0, 0.05) is 5.92 Å². The predicted octanol–water partition coefficient (Wildman–Crippen LogP) is 3.61. The first-order chi connectivity index (χ1) is 8.15. The van der Waals surface area contributed by atoms with E-state index in [2.05, 4.69) is 33.2 Å². The van der Waals surface area contributed by atoms with E-state index in [-0.39, 0.29) is 11.8 Å². The molecular formula is C13H17BrN2O. The van der Waals surface area contributed by atoms with Crippen LogP contribution in [0.4, 0.5) is 5.69 Å². The van der Waals surface area contributed by atoms with Crippen LogP contribution in [0.5, 0.6) is 0 Å². The second kappa shape index (κ2) is 5.63. The molecule has 1 aromatic rings. The molecule has 0 radical (unpaired) electrons. The Bertz CT molecular complexity index is 383. The first-order valence-corrected chi connectivity index (χ1v) is 6.87. The standard InChI is InChI=1S/C13H17BrN2O/c1-9-2-4-10(5-3-9)13(17)16-11-6-7-12(14)15-8-11/h6-10H,2-5H2,1H3,(H,16,17). The molecule has 1 amide bonds. The van der Waals surface area contributed by atoms with Crippen molar-refractivity contribution in [2.45, 2.75) is 32.6 Å². The summed E-state index contributed by atoms with van der Waals surface area (Å²) in [6, 6.07) is 3.69. The Kier molecular flexibility index (Phi) is 4.15. The number of hydrogen-bond donors (Lipinski definition) is 1. The molecule has 1 saturated carbocycles. The van der Waals surface area contributed by atoms with Crippen molar-refractivity contribution in [3.8, 4) is 0 Å². The zero-order chi connectivity index (χ0) is 12.3. The lowest BCUT2D eigenvalue weighted by molar-refractivity contribution is -0.121. The highest BCUT2D eigenvalue weighted by molar-refractivity contribution is 9.10. The van der Waals surface area contributed by atoms with Crippen LogP contribution < -0.4 is 5.32 Å². The van der Waals surface area contributed by atoms with Gasteiger partial charge in [-0.05, 0) is 59.7 Å². The monoisotopic (exact) mass is 296 g/mol. The number of carbonyl (C=O) groups is 1. The first-order valence-electron chi connectivity index (χ1n) is 6.07. The highest BCUT2D eigenvalue weighted by Crippen LogP contribution is 2.29. The Morgan fingerprint density at radius 3 is 2.65 bits per heavy atom. The minimum absolute atomic E-state index is 0.140. The summed E-state index contributed by atoms with van der Waals surface area (Å²) >= 11 is 3.27. The summed E-state index contributed by atoms with van der Waals surface area (Å²) < 4.78 is 0.780. The number of carbonyl (C=O) groups excluding carboxylic acids is 1. The number of amides is 1. The number of rotatable bonds is 2. The second-order valence-electron chi connectivity index (χ2n) is 4.82. The summed E-state index contributed by atoms with van der Waals surface area (Å²) in [5.74, 6) is 1.09. The maximum Gasteiger partial charge on any atom is 0.227 e. The Hall–Kier alpha value is -0.900. The van der Waals surface area contributed by atoms with E-state index in [9.17, 15) is 4.79 Å². The summed E-state index contributed by atoms with van der Waals surface area (Å²) in [4.78, 5) is 16.1. The topological polar surface area (TPSA) is 42.0 Å². The van der Waals surface area contributed by atoms with Crippen LogP contribution in [0, 0.1) is 11.8 Å². The van der Waals surface area contributed by atoms with Crippen molar-refractivity contribution < 1.29 is 4.79 Å². The van der Waals surface area contributed by atoms with Gasteiger partial charge < -0.3 is 5.32 Å². The molecular weight excluding hydrogens is 280 g/mol. The predicted molar refractivity (Wildman–Crippen MR) is 71.7 cm³/mol. The van der Waals surface area contributed by atoms with Gasteiger partial charge in [0.25, 0.3) is 0 Å². The molecule has 0 bridgehead atoms. The number of aromatic nitrogens is 1. The highest BCUT2D eigenvalue weighted by atomic mass is 79.9. The molecule has 1 heterocycles. The molecule has 1 N–H and O–H groups in total. The Morgan fingerprint density at radius 2 is 2.06 bits per heavy atom. The molecule has 0 aromatic carbocycles. The van der Waals surface area contributed by atoms with E-state index in [1.807, 2.05) is 12.1 Å². The van der Waals surface area contributed by atoms with Gasteiger partial charge in [0.1, 0.15) is 4.60 Å². The van der Waals surface area contributed by atoms with E-state index in [1.165, 1.54) is 0 Å². The largest absolute Gasteiger partial charge is 0.324 e. The van der Waals surface area contributed by atoms with Crippen LogP contribution in [0.15, 0.2) is 22.9 Å². The third kappa shape index (κ3) is 3.53. The molecule has 2 rings (SSSR count). The number of hydrogen-bond acceptors (Lipinski definition) is 2. The molecule has 0 aliphatic heterocycles. The molecule has 0 saturated heterocycles. The van der Waals surface area contributed by atoms with Crippen molar-refractivity contribution in [2.75, 3.05) is 5.32 Å². The van der Waals surface area contributed by atoms with Gasteiger partial charge in [-0.2, -0.15) is 0 Å². The van der Waals surface area contributed by atoms with Gasteiger partial charge in [0.2, 0.25) is 5.91 Å². The molecule has 1 aromatic heterocycles. The zero-order valence-electron chi connectivity index (χ0n) is 9.95. The van der Waals surface area contributed by atoms with Crippen molar-refractivity contribution in [3.63, 3.8) is 0 Å². The number of nitrogens with one attached hydrogen (secondary N) is 1. The molecule has 0 atom stereocenters. The second-order valence-corrected chi connectivity index (χ2v) is 5.63. The Morgan fingerprint density at radius 1 is 1.35 bits per heavy atom. The quantitative estimate of drug-likeness (QED) is 0.847. The molecule has 92 valence electrons. The van der Waals surface area contributed by atoms with Crippen molar-refractivity contribution in [3.05, 3.63) is 22.9 Å². The van der Waals surface area contributed by atoms with Gasteiger partial charge >= 0.3 is 0 Å². The van der Waals surface area contributed by atoms with Crippen molar-refractivity contribution in [2.24, 2.45) is 11.8 Å². The minimum atomic E-state index is 0.140. The van der Waals surface area contributed by atoms with E-state index in [4.69, 9.17) is 0 Å². The SMILES string of the molecule is CC1CCC(C(=O)Nc2ccc(Br)nc2)CC1. The molecule has 3 nitrogen and oxygen atoms in total. The fraction of sp³-hybridized carbons (Fsp3) is 0.538. The number of anilines is 1. The van der Waals surface area contributed by atoms with Crippen LogP contribution in [-0.4, -0.2) is 10.9 Å². The molecule has 17 heavy (non-hydrogen) atoms. The van der Waals surface area contributed by atoms with Gasteiger partial charge in [0.05, 0.1) is 11.9 Å². The van der Waals surface area contributed by atoms with E-state index < -0.39 is 0 Å². The van der Waals surface area contributed by atoms with Gasteiger partial charge in [-0.25, -0.2) is 4.98 Å². The molecule has 1 aliphatic carbocycles. The van der Waals surface area contributed by atoms with Crippen LogP contribution in [0.3, 0.4) is 0 Å². The van der Waals surface area contributed by atoms with Crippen LogP contribution >= 0.6 is 15.9 Å². The first kappa shape index (κ1) is 12.6. The van der Waals surface area contributed by atoms with E-state index in [1.54, 1.807) is 6.20 Å². The van der Waals surface area contributed by atoms with Crippen LogP contribution in [0.1, 0.15) is 32.6 Å². The third-order valence-electron chi connectivity index (χ3n) is 3.38. The van der Waals surface area contributed by atoms with Gasteiger partial charge in [0.15, 0.2) is 0 Å². The van der Waals surface area contributed by atoms with Gasteiger partial charge in [-0.15, -0.1) is 0 Å². The maximum atomic E-state index is 12.0. The lowest BCUT2D eigenvalue weighted by Crippen LogP contribution is -2.26. The lowest BCUT2D eigenvalue weighted by atomic mass is 9.82. The Labute approximate surface area is 110 Å². The third-order valence-corrected chi connectivity index (χ3v) is 3.85. The molecule has 4 heteroatoms. The molecule has 0 spiro atoms. The number of halogens is 1. The van der Waals surface area contributed by atoms with E-state index >= 15 is 0 Å². The summed E-state index contributed by atoms with van der Waals surface area (Å²) in [5, 5.41) is 2.93. The molecule has 0 unspecified atom stereocenters. The smallest absolute Gasteiger partial charge is 0.227 e. The normalized spacial score (nSPS) is 24.4. The lowest BCUT2D eigenvalue weighted by Gasteiger charge is -2.25. The van der Waals surface area contributed by atoms with Gasteiger partial charge in [-0.1, -0.05) is 6.92 Å². The average molecular weight is 297 g/mol. The fourth-order valence-electron chi connectivity index (χ4n) is 2.22. The summed E-state index contributed by atoms with van der Waals surface area (Å²) in [5.41, 5.74) is 0.775. The van der Waals surface area contributed by atoms with Crippen molar-refractivity contribution in [1.82, 2.24) is 4.98 Å². The average Bonchev–Trinajstić information content (AvgIpc) is 2.33. The molecule has 1 fully saturated rings. The highest BCUT2D eigenvalue weighted by Gasteiger charge is 2.24. The van der Waals surface area contributed by atoms with Crippen LogP contribution in [0.25, 0.3) is 0 Å². The summed E-state index contributed by atoms with van der Waals surface area (Å²) in [6.07, 6.45) is 6.02. The maximum absolute atomic E-state index is 12.0. The van der Waals surface area contributed by atoms with Crippen molar-refractivity contribution in [1.29, 1.82) is 0 Å². The van der Waals surface area contributed by atoms with E-state index in [0.717, 1.165) is 41.9 Å². The summed E-state index contributed by atoms with van der Waals surface area (Å²) in [6.45, 7) is 2.26. The minimum Gasteiger partial charge on any atom is -0.324 e. The van der Waals surface area contributed by atoms with Crippen LogP contribution in [-0.2, 0) is 4.79 Å².